The van der Waals surface area contributed by atoms with Gasteiger partial charge in [0.05, 0.1) is 0 Å². The molecule has 1 aliphatic heterocycles. The first-order chi connectivity index (χ1) is 12.7. The van der Waals surface area contributed by atoms with Crippen molar-refractivity contribution in [2.75, 3.05) is 13.1 Å². The number of piperidine rings is 1. The number of halogens is 1. The second-order valence-corrected chi connectivity index (χ2v) is 6.68. The maximum Gasteiger partial charge on any atom is 0.272 e. The highest BCUT2D eigenvalue weighted by Gasteiger charge is 2.28. The molecule has 0 spiro atoms. The van der Waals surface area contributed by atoms with Crippen LogP contribution in [0.4, 0.5) is 0 Å². The van der Waals surface area contributed by atoms with Crippen LogP contribution in [0.25, 0.3) is 11.4 Å². The Bertz CT molecular complexity index is 887. The zero-order chi connectivity index (χ0) is 17.9. The van der Waals surface area contributed by atoms with E-state index in [9.17, 15) is 4.79 Å². The van der Waals surface area contributed by atoms with Gasteiger partial charge in [0.2, 0.25) is 11.7 Å². The quantitative estimate of drug-likeness (QED) is 0.703. The van der Waals surface area contributed by atoms with Gasteiger partial charge in [-0.05, 0) is 49.2 Å². The molecule has 2 aromatic heterocycles. The molecule has 1 aliphatic rings. The van der Waals surface area contributed by atoms with Crippen molar-refractivity contribution in [2.24, 2.45) is 0 Å². The van der Waals surface area contributed by atoms with E-state index in [0.29, 0.717) is 35.5 Å². The predicted octanol–water partition coefficient (Wildman–Crippen LogP) is 3.80. The molecule has 0 aliphatic carbocycles. The van der Waals surface area contributed by atoms with Crippen molar-refractivity contribution in [3.8, 4) is 11.4 Å². The smallest absolute Gasteiger partial charge is 0.272 e. The third kappa shape index (κ3) is 3.46. The van der Waals surface area contributed by atoms with Crippen molar-refractivity contribution in [3.63, 3.8) is 0 Å². The van der Waals surface area contributed by atoms with Gasteiger partial charge in [0.15, 0.2) is 0 Å². The number of pyridine rings is 1. The van der Waals surface area contributed by atoms with E-state index in [1.807, 2.05) is 23.1 Å². The number of rotatable bonds is 3. The van der Waals surface area contributed by atoms with Crippen molar-refractivity contribution in [1.29, 1.82) is 0 Å². The van der Waals surface area contributed by atoms with Crippen molar-refractivity contribution >= 4 is 17.5 Å². The fraction of sp³-hybridized carbons (Fsp3) is 0.263. The van der Waals surface area contributed by atoms with Crippen LogP contribution in [-0.2, 0) is 0 Å². The van der Waals surface area contributed by atoms with Crippen LogP contribution in [-0.4, -0.2) is 39.0 Å². The van der Waals surface area contributed by atoms with E-state index in [-0.39, 0.29) is 11.8 Å². The van der Waals surface area contributed by atoms with E-state index in [2.05, 4.69) is 15.1 Å². The number of likely N-dealkylation sites (tertiary alicyclic amines) is 1. The van der Waals surface area contributed by atoms with Crippen LogP contribution < -0.4 is 0 Å². The molecule has 3 heterocycles. The third-order valence-electron chi connectivity index (χ3n) is 4.56. The van der Waals surface area contributed by atoms with Crippen molar-refractivity contribution in [3.05, 3.63) is 65.3 Å². The van der Waals surface area contributed by atoms with Gasteiger partial charge in [-0.2, -0.15) is 4.98 Å². The van der Waals surface area contributed by atoms with Gasteiger partial charge in [0.1, 0.15) is 5.69 Å². The number of carbonyl (C=O) groups excluding carboxylic acids is 1. The number of aromatic nitrogens is 3. The molecule has 1 saturated heterocycles. The van der Waals surface area contributed by atoms with Crippen LogP contribution in [0.3, 0.4) is 0 Å². The molecule has 0 unspecified atom stereocenters. The minimum Gasteiger partial charge on any atom is -0.339 e. The Labute approximate surface area is 155 Å². The summed E-state index contributed by atoms with van der Waals surface area (Å²) >= 11 is 5.91. The summed E-state index contributed by atoms with van der Waals surface area (Å²) in [4.78, 5) is 22.9. The Balaban J connectivity index is 1.41. The zero-order valence-electron chi connectivity index (χ0n) is 14.0. The van der Waals surface area contributed by atoms with Crippen molar-refractivity contribution in [1.82, 2.24) is 20.0 Å². The summed E-state index contributed by atoms with van der Waals surface area (Å²) in [5, 5.41) is 4.74. The second kappa shape index (κ2) is 7.25. The fourth-order valence-electron chi connectivity index (χ4n) is 3.10. The SMILES string of the molecule is O=C(c1ccccn1)N1CCC(c2nc(-c3ccc(Cl)cc3)no2)CC1. The van der Waals surface area contributed by atoms with Crippen molar-refractivity contribution < 1.29 is 9.32 Å². The van der Waals surface area contributed by atoms with Gasteiger partial charge in [0.25, 0.3) is 5.91 Å². The standard InChI is InChI=1S/C19H17ClN4O2/c20-15-6-4-13(5-7-15)17-22-18(26-23-17)14-8-11-24(12-9-14)19(25)16-3-1-2-10-21-16/h1-7,10,14H,8-9,11-12H2. The lowest BCUT2D eigenvalue weighted by molar-refractivity contribution is 0.0698. The topological polar surface area (TPSA) is 72.1 Å². The maximum atomic E-state index is 12.5. The molecule has 0 N–H and O–H groups in total. The van der Waals surface area contributed by atoms with E-state index in [4.69, 9.17) is 16.1 Å². The molecule has 1 amide bonds. The number of benzene rings is 1. The Hall–Kier alpha value is -2.73. The minimum atomic E-state index is -0.0311. The number of hydrogen-bond donors (Lipinski definition) is 0. The van der Waals surface area contributed by atoms with Crippen LogP contribution in [0.5, 0.6) is 0 Å². The first kappa shape index (κ1) is 16.7. The lowest BCUT2D eigenvalue weighted by Gasteiger charge is -2.30. The molecule has 6 nitrogen and oxygen atoms in total. The van der Waals surface area contributed by atoms with Gasteiger partial charge in [-0.15, -0.1) is 0 Å². The molecule has 0 bridgehead atoms. The van der Waals surface area contributed by atoms with E-state index in [0.717, 1.165) is 18.4 Å². The van der Waals surface area contributed by atoms with Gasteiger partial charge in [0, 0.05) is 35.8 Å². The summed E-state index contributed by atoms with van der Waals surface area (Å²) < 4.78 is 5.46. The Morgan fingerprint density at radius 2 is 1.88 bits per heavy atom. The molecule has 1 aromatic carbocycles. The van der Waals surface area contributed by atoms with Crippen LogP contribution in [0.1, 0.15) is 35.1 Å². The lowest BCUT2D eigenvalue weighted by atomic mass is 9.96. The van der Waals surface area contributed by atoms with Gasteiger partial charge >= 0.3 is 0 Å². The summed E-state index contributed by atoms with van der Waals surface area (Å²) in [6.45, 7) is 1.30. The first-order valence-corrected chi connectivity index (χ1v) is 8.88. The van der Waals surface area contributed by atoms with Gasteiger partial charge in [-0.3, -0.25) is 9.78 Å². The Morgan fingerprint density at radius 1 is 1.12 bits per heavy atom. The van der Waals surface area contributed by atoms with Crippen LogP contribution in [0.15, 0.2) is 53.2 Å². The molecular weight excluding hydrogens is 352 g/mol. The van der Waals surface area contributed by atoms with E-state index >= 15 is 0 Å². The van der Waals surface area contributed by atoms with Gasteiger partial charge in [-0.25, -0.2) is 0 Å². The van der Waals surface area contributed by atoms with Crippen molar-refractivity contribution in [2.45, 2.75) is 18.8 Å². The van der Waals surface area contributed by atoms with E-state index < -0.39 is 0 Å². The van der Waals surface area contributed by atoms with Crippen LogP contribution in [0, 0.1) is 0 Å². The molecule has 7 heteroatoms. The summed E-state index contributed by atoms with van der Waals surface area (Å²) in [5.41, 5.74) is 1.35. The average molecular weight is 369 g/mol. The highest BCUT2D eigenvalue weighted by molar-refractivity contribution is 6.30. The monoisotopic (exact) mass is 368 g/mol. The van der Waals surface area contributed by atoms with Gasteiger partial charge in [-0.1, -0.05) is 22.8 Å². The number of hydrogen-bond acceptors (Lipinski definition) is 5. The summed E-state index contributed by atoms with van der Waals surface area (Å²) in [6, 6.07) is 12.7. The van der Waals surface area contributed by atoms with Crippen LogP contribution >= 0.6 is 11.6 Å². The largest absolute Gasteiger partial charge is 0.339 e. The second-order valence-electron chi connectivity index (χ2n) is 6.24. The Morgan fingerprint density at radius 3 is 2.58 bits per heavy atom. The van der Waals surface area contributed by atoms with E-state index in [1.165, 1.54) is 0 Å². The highest BCUT2D eigenvalue weighted by Crippen LogP contribution is 2.29. The molecule has 132 valence electrons. The number of carbonyl (C=O) groups is 1. The normalized spacial score (nSPS) is 15.2. The number of amides is 1. The highest BCUT2D eigenvalue weighted by atomic mass is 35.5. The molecule has 0 atom stereocenters. The summed E-state index contributed by atoms with van der Waals surface area (Å²) in [7, 11) is 0. The average Bonchev–Trinajstić information content (AvgIpc) is 3.19. The zero-order valence-corrected chi connectivity index (χ0v) is 14.8. The first-order valence-electron chi connectivity index (χ1n) is 8.50. The molecule has 0 saturated carbocycles. The number of nitrogens with zero attached hydrogens (tertiary/aromatic N) is 4. The lowest BCUT2D eigenvalue weighted by Crippen LogP contribution is -2.38. The molecule has 4 rings (SSSR count). The van der Waals surface area contributed by atoms with E-state index in [1.54, 1.807) is 30.5 Å². The molecule has 0 radical (unpaired) electrons. The molecule has 26 heavy (non-hydrogen) atoms. The summed E-state index contributed by atoms with van der Waals surface area (Å²) in [5.74, 6) is 1.32. The third-order valence-corrected chi connectivity index (χ3v) is 4.81. The van der Waals surface area contributed by atoms with Crippen LogP contribution in [0.2, 0.25) is 5.02 Å². The van der Waals surface area contributed by atoms with Gasteiger partial charge < -0.3 is 9.42 Å². The minimum absolute atomic E-state index is 0.0311. The predicted molar refractivity (Wildman–Crippen MR) is 96.9 cm³/mol. The molecular formula is C19H17ClN4O2. The Kier molecular flexibility index (Phi) is 4.67. The molecule has 1 fully saturated rings. The fourth-order valence-corrected chi connectivity index (χ4v) is 3.22. The maximum absolute atomic E-state index is 12.5. The summed E-state index contributed by atoms with van der Waals surface area (Å²) in [6.07, 6.45) is 3.22. The molecule has 3 aromatic rings.